The molecule has 176 valence electrons. The maximum atomic E-state index is 13.8. The van der Waals surface area contributed by atoms with E-state index < -0.39 is 30.9 Å². The largest absolute Gasteiger partial charge is 0.491 e. The minimum atomic E-state index is -2.83. The highest BCUT2D eigenvalue weighted by Gasteiger charge is 2.20. The average Bonchev–Trinajstić information content (AvgIpc) is 3.27. The highest BCUT2D eigenvalue weighted by atomic mass is 19.3. The Morgan fingerprint density at radius 1 is 1.12 bits per heavy atom. The maximum absolute atomic E-state index is 13.8. The Labute approximate surface area is 191 Å². The van der Waals surface area contributed by atoms with Crippen molar-refractivity contribution in [1.82, 2.24) is 9.97 Å². The number of hydrogen-bond acceptors (Lipinski definition) is 5. The SMILES string of the molecule is O=C(Nc1cccc(OC[C@@H](O)CO)c1)c1cccc2[nH]c(-c3cc(F)ccc3C(F)F)nc12. The summed E-state index contributed by atoms with van der Waals surface area (Å²) >= 11 is 0. The number of benzene rings is 3. The van der Waals surface area contributed by atoms with Crippen molar-refractivity contribution in [2.75, 3.05) is 18.5 Å². The van der Waals surface area contributed by atoms with Crippen LogP contribution in [0.4, 0.5) is 18.9 Å². The predicted octanol–water partition coefficient (Wildman–Crippen LogP) is 4.29. The fraction of sp³-hybridized carbons (Fsp3) is 0.167. The van der Waals surface area contributed by atoms with Crippen molar-refractivity contribution in [3.8, 4) is 17.1 Å². The lowest BCUT2D eigenvalue weighted by atomic mass is 10.1. The first-order valence-electron chi connectivity index (χ1n) is 10.3. The molecule has 7 nitrogen and oxygen atoms in total. The molecule has 34 heavy (non-hydrogen) atoms. The molecule has 0 bridgehead atoms. The van der Waals surface area contributed by atoms with Crippen LogP contribution in [0, 0.1) is 5.82 Å². The van der Waals surface area contributed by atoms with E-state index in [0.717, 1.165) is 18.2 Å². The lowest BCUT2D eigenvalue weighted by molar-refractivity contribution is 0.0536. The molecule has 0 aliphatic heterocycles. The van der Waals surface area contributed by atoms with Gasteiger partial charge in [0, 0.05) is 22.9 Å². The molecule has 4 aromatic rings. The maximum Gasteiger partial charge on any atom is 0.264 e. The lowest BCUT2D eigenvalue weighted by Crippen LogP contribution is -2.21. The molecule has 4 N–H and O–H groups in total. The third-order valence-corrected chi connectivity index (χ3v) is 5.01. The molecule has 0 saturated carbocycles. The van der Waals surface area contributed by atoms with Crippen LogP contribution in [0.5, 0.6) is 5.75 Å². The first kappa shape index (κ1) is 23.3. The number of fused-ring (bicyclic) bond motifs is 1. The summed E-state index contributed by atoms with van der Waals surface area (Å²) in [6, 6.07) is 14.1. The fourth-order valence-electron chi connectivity index (χ4n) is 3.37. The number of alkyl halides is 2. The number of aromatic amines is 1. The number of aromatic nitrogens is 2. The van der Waals surface area contributed by atoms with Gasteiger partial charge in [-0.05, 0) is 42.5 Å². The summed E-state index contributed by atoms with van der Waals surface area (Å²) in [4.78, 5) is 20.2. The Kier molecular flexibility index (Phi) is 6.80. The number of aliphatic hydroxyl groups is 2. The normalized spacial score (nSPS) is 12.2. The second kappa shape index (κ2) is 9.94. The first-order chi connectivity index (χ1) is 16.4. The highest BCUT2D eigenvalue weighted by molar-refractivity contribution is 6.11. The standard InChI is InChI=1S/C24H20F3N3O4/c25-13-7-8-17(22(26)27)19(9-13)23-29-20-6-2-5-18(21(20)30-23)24(33)28-14-3-1-4-16(10-14)34-12-15(32)11-31/h1-10,15,22,31-32H,11-12H2,(H,28,33)(H,29,30)/t15-/m0/s1. The van der Waals surface area contributed by atoms with Crippen LogP contribution >= 0.6 is 0 Å². The molecule has 0 spiro atoms. The Bertz CT molecular complexity index is 1330. The number of amides is 1. The van der Waals surface area contributed by atoms with Gasteiger partial charge >= 0.3 is 0 Å². The molecular weight excluding hydrogens is 451 g/mol. The van der Waals surface area contributed by atoms with Crippen molar-refractivity contribution in [2.45, 2.75) is 12.5 Å². The zero-order valence-corrected chi connectivity index (χ0v) is 17.6. The molecular formula is C24H20F3N3O4. The van der Waals surface area contributed by atoms with Crippen LogP contribution in [0.1, 0.15) is 22.3 Å². The van der Waals surface area contributed by atoms with E-state index in [9.17, 15) is 23.1 Å². The van der Waals surface area contributed by atoms with E-state index in [4.69, 9.17) is 9.84 Å². The monoisotopic (exact) mass is 471 g/mol. The van der Waals surface area contributed by atoms with Crippen molar-refractivity contribution < 1.29 is 32.9 Å². The second-order valence-electron chi connectivity index (χ2n) is 7.45. The van der Waals surface area contributed by atoms with E-state index in [1.165, 1.54) is 6.07 Å². The van der Waals surface area contributed by atoms with Crippen molar-refractivity contribution >= 4 is 22.6 Å². The summed E-state index contributed by atoms with van der Waals surface area (Å²) in [7, 11) is 0. The quantitative estimate of drug-likeness (QED) is 0.307. The van der Waals surface area contributed by atoms with Gasteiger partial charge in [0.15, 0.2) is 0 Å². The van der Waals surface area contributed by atoms with Crippen LogP contribution in [0.25, 0.3) is 22.4 Å². The molecule has 1 amide bonds. The summed E-state index contributed by atoms with van der Waals surface area (Å²) in [5, 5.41) is 21.0. The molecule has 0 radical (unpaired) electrons. The molecule has 4 rings (SSSR count). The zero-order chi connectivity index (χ0) is 24.2. The molecule has 0 saturated heterocycles. The van der Waals surface area contributed by atoms with Gasteiger partial charge in [0.25, 0.3) is 12.3 Å². The third-order valence-electron chi connectivity index (χ3n) is 5.01. The minimum Gasteiger partial charge on any atom is -0.491 e. The van der Waals surface area contributed by atoms with Crippen LogP contribution in [0.2, 0.25) is 0 Å². The highest BCUT2D eigenvalue weighted by Crippen LogP contribution is 2.32. The van der Waals surface area contributed by atoms with Gasteiger partial charge < -0.3 is 25.3 Å². The molecule has 1 aromatic heterocycles. The van der Waals surface area contributed by atoms with Gasteiger partial charge in [-0.1, -0.05) is 12.1 Å². The van der Waals surface area contributed by atoms with Gasteiger partial charge in [0.1, 0.15) is 35.6 Å². The summed E-state index contributed by atoms with van der Waals surface area (Å²) in [6.07, 6.45) is -3.87. The van der Waals surface area contributed by atoms with E-state index in [-0.39, 0.29) is 34.6 Å². The van der Waals surface area contributed by atoms with E-state index >= 15 is 0 Å². The number of aliphatic hydroxyl groups excluding tert-OH is 2. The number of imidazole rings is 1. The van der Waals surface area contributed by atoms with Crippen LogP contribution in [-0.4, -0.2) is 45.4 Å². The third kappa shape index (κ3) is 5.03. The minimum absolute atomic E-state index is 0.0166. The lowest BCUT2D eigenvalue weighted by Gasteiger charge is -2.11. The van der Waals surface area contributed by atoms with Gasteiger partial charge in [-0.25, -0.2) is 18.2 Å². The summed E-state index contributed by atoms with van der Waals surface area (Å²) in [5.74, 6) is -0.810. The Morgan fingerprint density at radius 3 is 2.68 bits per heavy atom. The zero-order valence-electron chi connectivity index (χ0n) is 17.6. The number of H-pyrrole nitrogens is 1. The number of para-hydroxylation sites is 1. The van der Waals surface area contributed by atoms with Crippen molar-refractivity contribution in [3.05, 3.63) is 77.6 Å². The van der Waals surface area contributed by atoms with E-state index in [1.807, 2.05) is 0 Å². The van der Waals surface area contributed by atoms with Gasteiger partial charge in [0.2, 0.25) is 0 Å². The van der Waals surface area contributed by atoms with Gasteiger partial charge in [-0.15, -0.1) is 0 Å². The topological polar surface area (TPSA) is 107 Å². The predicted molar refractivity (Wildman–Crippen MR) is 119 cm³/mol. The van der Waals surface area contributed by atoms with E-state index in [2.05, 4.69) is 15.3 Å². The molecule has 0 unspecified atom stereocenters. The number of halogens is 3. The number of nitrogens with zero attached hydrogens (tertiary/aromatic N) is 1. The number of rotatable bonds is 8. The average molecular weight is 471 g/mol. The van der Waals surface area contributed by atoms with Crippen LogP contribution in [-0.2, 0) is 0 Å². The summed E-state index contributed by atoms with van der Waals surface area (Å²) in [5.41, 5.74) is 0.762. The number of ether oxygens (including phenoxy) is 1. The van der Waals surface area contributed by atoms with Crippen LogP contribution < -0.4 is 10.1 Å². The number of nitrogens with one attached hydrogen (secondary N) is 2. The summed E-state index contributed by atoms with van der Waals surface area (Å²) < 4.78 is 46.0. The number of hydrogen-bond donors (Lipinski definition) is 4. The molecule has 10 heteroatoms. The van der Waals surface area contributed by atoms with E-state index in [0.29, 0.717) is 17.0 Å². The van der Waals surface area contributed by atoms with Crippen molar-refractivity contribution in [3.63, 3.8) is 0 Å². The van der Waals surface area contributed by atoms with Gasteiger partial charge in [0.05, 0.1) is 17.7 Å². The first-order valence-corrected chi connectivity index (χ1v) is 10.3. The van der Waals surface area contributed by atoms with Gasteiger partial charge in [-0.3, -0.25) is 4.79 Å². The van der Waals surface area contributed by atoms with E-state index in [1.54, 1.807) is 36.4 Å². The van der Waals surface area contributed by atoms with Crippen LogP contribution in [0.3, 0.4) is 0 Å². The van der Waals surface area contributed by atoms with Gasteiger partial charge in [-0.2, -0.15) is 0 Å². The fourth-order valence-corrected chi connectivity index (χ4v) is 3.37. The molecule has 3 aromatic carbocycles. The molecule has 0 aliphatic carbocycles. The summed E-state index contributed by atoms with van der Waals surface area (Å²) in [6.45, 7) is -0.565. The van der Waals surface area contributed by atoms with Crippen molar-refractivity contribution in [2.24, 2.45) is 0 Å². The van der Waals surface area contributed by atoms with Crippen LogP contribution in [0.15, 0.2) is 60.7 Å². The number of carbonyl (C=O) groups excluding carboxylic acids is 1. The molecule has 1 heterocycles. The Hall–Kier alpha value is -3.89. The van der Waals surface area contributed by atoms with Crippen molar-refractivity contribution in [1.29, 1.82) is 0 Å². The Morgan fingerprint density at radius 2 is 1.91 bits per heavy atom. The number of anilines is 1. The molecule has 0 fully saturated rings. The molecule has 0 aliphatic rings. The Balaban J connectivity index is 1.62. The smallest absolute Gasteiger partial charge is 0.264 e. The molecule has 1 atom stereocenters. The second-order valence-corrected chi connectivity index (χ2v) is 7.45. The number of carbonyl (C=O) groups is 1.